The van der Waals surface area contributed by atoms with Crippen LogP contribution in [0, 0.1) is 23.7 Å². The van der Waals surface area contributed by atoms with Crippen molar-refractivity contribution in [2.75, 3.05) is 4.90 Å². The summed E-state index contributed by atoms with van der Waals surface area (Å²) < 4.78 is 2.67. The van der Waals surface area contributed by atoms with E-state index in [4.69, 9.17) is 0 Å². The molecule has 1 aromatic heterocycles. The van der Waals surface area contributed by atoms with Gasteiger partial charge in [0.25, 0.3) is 0 Å². The number of nitrogens with zero attached hydrogens (tertiary/aromatic N) is 1. The summed E-state index contributed by atoms with van der Waals surface area (Å²) in [6, 6.07) is 61.6. The van der Waals surface area contributed by atoms with E-state index in [1.54, 1.807) is 11.1 Å². The fourth-order valence-corrected chi connectivity index (χ4v) is 12.5. The first-order chi connectivity index (χ1) is 27.0. The Morgan fingerprint density at radius 3 is 1.87 bits per heavy atom. The van der Waals surface area contributed by atoms with E-state index in [1.165, 1.54) is 96.3 Å². The highest BCUT2D eigenvalue weighted by atomic mass is 32.1. The molecule has 5 atom stereocenters. The predicted octanol–water partition coefficient (Wildman–Crippen LogP) is 15.2. The molecule has 2 bridgehead atoms. The van der Waals surface area contributed by atoms with E-state index in [9.17, 15) is 0 Å². The summed E-state index contributed by atoms with van der Waals surface area (Å²) in [7, 11) is 0. The summed E-state index contributed by atoms with van der Waals surface area (Å²) >= 11 is 1.88. The lowest BCUT2D eigenvalue weighted by Crippen LogP contribution is -2.49. The van der Waals surface area contributed by atoms with E-state index >= 15 is 0 Å². The third-order valence-electron chi connectivity index (χ3n) is 13.6. The Morgan fingerprint density at radius 1 is 0.473 bits per heavy atom. The molecule has 2 saturated carbocycles. The molecule has 3 aliphatic rings. The van der Waals surface area contributed by atoms with Gasteiger partial charge in [-0.15, -0.1) is 11.3 Å². The zero-order valence-electron chi connectivity index (χ0n) is 31.6. The van der Waals surface area contributed by atoms with E-state index in [-0.39, 0.29) is 5.41 Å². The minimum Gasteiger partial charge on any atom is -0.310 e. The Hall–Kier alpha value is -5.44. The second kappa shape index (κ2) is 12.8. The van der Waals surface area contributed by atoms with Crippen LogP contribution in [0.5, 0.6) is 0 Å². The van der Waals surface area contributed by atoms with Gasteiger partial charge in [-0.1, -0.05) is 129 Å². The van der Waals surface area contributed by atoms with Crippen molar-refractivity contribution in [3.8, 4) is 33.4 Å². The van der Waals surface area contributed by atoms with Gasteiger partial charge in [0.2, 0.25) is 0 Å². The predicted molar refractivity (Wildman–Crippen MR) is 235 cm³/mol. The lowest BCUT2D eigenvalue weighted by Gasteiger charge is -2.54. The lowest BCUT2D eigenvalue weighted by atomic mass is 9.49. The monoisotopic (exact) mass is 727 g/mol. The van der Waals surface area contributed by atoms with Crippen molar-refractivity contribution in [3.63, 3.8) is 0 Å². The number of hydrogen-bond donors (Lipinski definition) is 0. The topological polar surface area (TPSA) is 3.24 Å². The van der Waals surface area contributed by atoms with Crippen LogP contribution in [-0.2, 0) is 5.41 Å². The van der Waals surface area contributed by atoms with Gasteiger partial charge in [0.1, 0.15) is 0 Å². The Labute approximate surface area is 328 Å². The highest BCUT2D eigenvalue weighted by Gasteiger charge is 2.56. The Kier molecular flexibility index (Phi) is 7.68. The van der Waals surface area contributed by atoms with Crippen LogP contribution < -0.4 is 4.90 Å². The molecule has 2 fully saturated rings. The van der Waals surface area contributed by atoms with Gasteiger partial charge in [0.15, 0.2) is 0 Å². The molecule has 55 heavy (non-hydrogen) atoms. The van der Waals surface area contributed by atoms with Crippen LogP contribution in [0.1, 0.15) is 50.7 Å². The van der Waals surface area contributed by atoms with E-state index in [0.29, 0.717) is 11.8 Å². The third-order valence-corrected chi connectivity index (χ3v) is 14.7. The molecule has 0 aliphatic heterocycles. The SMILES string of the molecule is C[C@H]1CC2C[C@H](C1)[C@]1(c3ccccc3-c3cc(N(c4ccc(-c5ccc(-c6ccccc6)cc5)cc4)c4ccc5sc6ccccc6c5c4)ccc31)[C@H](C)C2. The third kappa shape index (κ3) is 5.18. The van der Waals surface area contributed by atoms with Gasteiger partial charge in [0, 0.05) is 42.6 Å². The molecule has 0 radical (unpaired) electrons. The largest absolute Gasteiger partial charge is 0.310 e. The van der Waals surface area contributed by atoms with E-state index in [2.05, 4.69) is 183 Å². The van der Waals surface area contributed by atoms with Crippen LogP contribution in [0.15, 0.2) is 164 Å². The second-order valence-electron chi connectivity index (χ2n) is 16.8. The van der Waals surface area contributed by atoms with Gasteiger partial charge in [-0.05, 0) is 142 Å². The van der Waals surface area contributed by atoms with Crippen LogP contribution >= 0.6 is 11.3 Å². The molecule has 268 valence electrons. The van der Waals surface area contributed by atoms with Crippen molar-refractivity contribution in [1.29, 1.82) is 0 Å². The fourth-order valence-electron chi connectivity index (χ4n) is 11.4. The Morgan fingerprint density at radius 2 is 1.07 bits per heavy atom. The quantitative estimate of drug-likeness (QED) is 0.171. The van der Waals surface area contributed by atoms with Gasteiger partial charge in [-0.3, -0.25) is 0 Å². The van der Waals surface area contributed by atoms with E-state index in [0.717, 1.165) is 11.8 Å². The molecular formula is C53H45NS. The number of thiophene rings is 1. The van der Waals surface area contributed by atoms with Gasteiger partial charge < -0.3 is 4.90 Å². The van der Waals surface area contributed by atoms with Crippen molar-refractivity contribution < 1.29 is 0 Å². The second-order valence-corrected chi connectivity index (χ2v) is 17.8. The van der Waals surface area contributed by atoms with Crippen LogP contribution in [0.25, 0.3) is 53.6 Å². The first-order valence-corrected chi connectivity index (χ1v) is 21.1. The van der Waals surface area contributed by atoms with Crippen molar-refractivity contribution >= 4 is 48.6 Å². The zero-order chi connectivity index (χ0) is 36.7. The van der Waals surface area contributed by atoms with Crippen LogP contribution in [0.2, 0.25) is 0 Å². The Bertz CT molecular complexity index is 2700. The van der Waals surface area contributed by atoms with Crippen molar-refractivity contribution in [2.45, 2.75) is 44.9 Å². The van der Waals surface area contributed by atoms with Gasteiger partial charge in [0.05, 0.1) is 0 Å². The smallest absolute Gasteiger partial charge is 0.0468 e. The highest BCUT2D eigenvalue weighted by molar-refractivity contribution is 7.25. The number of rotatable bonds is 5. The van der Waals surface area contributed by atoms with Crippen LogP contribution in [0.4, 0.5) is 17.1 Å². The summed E-state index contributed by atoms with van der Waals surface area (Å²) in [6.07, 6.45) is 5.43. The van der Waals surface area contributed by atoms with Gasteiger partial charge in [-0.25, -0.2) is 0 Å². The standard InChI is InChI=1S/C53H45NS/c1-34-28-36-30-35(2)53(41(29-34)31-36)49-14-8-6-12-45(49)47-32-43(24-26-50(47)53)54(44-25-27-52-48(33-44)46-13-7-9-15-51(46)55-52)42-22-20-40(21-23-42)39-18-16-38(17-19-39)37-10-4-3-5-11-37/h3-27,32-36,41H,28-31H2,1-2H3/t34-,35+,36?,41-,53-/m0/s1. The normalized spacial score (nSPS) is 22.5. The molecule has 8 aromatic rings. The molecule has 0 N–H and O–H groups in total. The van der Waals surface area contributed by atoms with Gasteiger partial charge in [-0.2, -0.15) is 0 Å². The average molecular weight is 728 g/mol. The first kappa shape index (κ1) is 32.9. The minimum absolute atomic E-state index is 0.0900. The summed E-state index contributed by atoms with van der Waals surface area (Å²) in [5.74, 6) is 2.98. The molecule has 1 unspecified atom stereocenters. The molecular weight excluding hydrogens is 683 g/mol. The zero-order valence-corrected chi connectivity index (χ0v) is 32.4. The molecule has 2 heteroatoms. The highest BCUT2D eigenvalue weighted by Crippen LogP contribution is 2.65. The van der Waals surface area contributed by atoms with E-state index < -0.39 is 0 Å². The fraction of sp³-hybridized carbons (Fsp3) is 0.208. The molecule has 0 saturated heterocycles. The lowest BCUT2D eigenvalue weighted by molar-refractivity contribution is 0.0426. The number of benzene rings is 7. The molecule has 11 rings (SSSR count). The van der Waals surface area contributed by atoms with E-state index in [1.807, 2.05) is 11.3 Å². The maximum Gasteiger partial charge on any atom is 0.0468 e. The molecule has 1 spiro atoms. The molecule has 3 aliphatic carbocycles. The van der Waals surface area contributed by atoms with Crippen LogP contribution in [0.3, 0.4) is 0 Å². The summed E-state index contributed by atoms with van der Waals surface area (Å²) in [4.78, 5) is 2.49. The number of hydrogen-bond acceptors (Lipinski definition) is 2. The summed E-state index contributed by atoms with van der Waals surface area (Å²) in [5.41, 5.74) is 14.6. The van der Waals surface area contributed by atoms with Crippen LogP contribution in [-0.4, -0.2) is 0 Å². The van der Waals surface area contributed by atoms with Crippen molar-refractivity contribution in [3.05, 3.63) is 175 Å². The van der Waals surface area contributed by atoms with Crippen molar-refractivity contribution in [1.82, 2.24) is 0 Å². The maximum atomic E-state index is 2.57. The summed E-state index contributed by atoms with van der Waals surface area (Å²) in [6.45, 7) is 5.07. The molecule has 0 amide bonds. The van der Waals surface area contributed by atoms with Crippen molar-refractivity contribution in [2.24, 2.45) is 23.7 Å². The minimum atomic E-state index is 0.0900. The number of anilines is 3. The first-order valence-electron chi connectivity index (χ1n) is 20.3. The molecule has 1 heterocycles. The Balaban J connectivity index is 1.05. The number of fused-ring (bicyclic) bond motifs is 11. The molecule has 7 aromatic carbocycles. The molecule has 1 nitrogen and oxygen atoms in total. The maximum absolute atomic E-state index is 2.57. The average Bonchev–Trinajstić information content (AvgIpc) is 3.74. The van der Waals surface area contributed by atoms with Gasteiger partial charge >= 0.3 is 0 Å². The summed E-state index contributed by atoms with van der Waals surface area (Å²) in [5, 5.41) is 2.65.